The summed E-state index contributed by atoms with van der Waals surface area (Å²) in [6.07, 6.45) is 1.72. The fourth-order valence-electron chi connectivity index (χ4n) is 3.61. The number of fused-ring (bicyclic) bond motifs is 2. The number of aryl methyl sites for hydroxylation is 1. The molecule has 0 bridgehead atoms. The number of hydrogen-bond donors (Lipinski definition) is 1. The molecule has 0 amide bonds. The van der Waals surface area contributed by atoms with E-state index in [1.807, 2.05) is 6.92 Å². The van der Waals surface area contributed by atoms with E-state index < -0.39 is 11.8 Å². The van der Waals surface area contributed by atoms with Crippen molar-refractivity contribution in [2.75, 3.05) is 0 Å². The third-order valence-corrected chi connectivity index (χ3v) is 4.37. The molecule has 0 fully saturated rings. The summed E-state index contributed by atoms with van der Waals surface area (Å²) < 4.78 is 13.7. The summed E-state index contributed by atoms with van der Waals surface area (Å²) in [5.74, 6) is -0.790. The van der Waals surface area contributed by atoms with Gasteiger partial charge in [-0.25, -0.2) is 9.18 Å². The highest BCUT2D eigenvalue weighted by molar-refractivity contribution is 6.05. The van der Waals surface area contributed by atoms with Crippen molar-refractivity contribution in [2.24, 2.45) is 5.92 Å². The van der Waals surface area contributed by atoms with Crippen molar-refractivity contribution in [3.63, 3.8) is 0 Å². The van der Waals surface area contributed by atoms with E-state index in [2.05, 4.69) is 11.9 Å². The van der Waals surface area contributed by atoms with Crippen LogP contribution in [0.15, 0.2) is 12.1 Å². The molecule has 2 aromatic rings. The molecule has 1 aliphatic carbocycles. The van der Waals surface area contributed by atoms with E-state index in [-0.39, 0.29) is 11.5 Å². The Hall–Kier alpha value is -1.97. The van der Waals surface area contributed by atoms with Crippen LogP contribution in [-0.4, -0.2) is 16.1 Å². The molecule has 1 N–H and O–H groups in total. The fraction of sp³-hybridized carbons (Fsp3) is 0.412. The van der Waals surface area contributed by atoms with Gasteiger partial charge in [-0.05, 0) is 54.9 Å². The van der Waals surface area contributed by atoms with Crippen LogP contribution in [0.5, 0.6) is 0 Å². The van der Waals surface area contributed by atoms with Crippen LogP contribution in [0.2, 0.25) is 0 Å². The maximum absolute atomic E-state index is 13.7. The third-order valence-electron chi connectivity index (χ3n) is 4.37. The molecule has 0 saturated heterocycles. The Balaban J connectivity index is 2.45. The average Bonchev–Trinajstić information content (AvgIpc) is 2.36. The number of aromatic carboxylic acids is 1. The zero-order chi connectivity index (χ0) is 15.3. The van der Waals surface area contributed by atoms with Gasteiger partial charge in [0, 0.05) is 11.1 Å². The van der Waals surface area contributed by atoms with E-state index in [0.29, 0.717) is 22.4 Å². The Bertz CT molecular complexity index is 754. The number of aromatic nitrogens is 1. The largest absolute Gasteiger partial charge is 0.478 e. The molecule has 4 heteroatoms. The van der Waals surface area contributed by atoms with Crippen molar-refractivity contribution in [1.82, 2.24) is 4.98 Å². The van der Waals surface area contributed by atoms with Crippen LogP contribution in [0.25, 0.3) is 10.9 Å². The van der Waals surface area contributed by atoms with Gasteiger partial charge in [0.1, 0.15) is 5.82 Å². The molecule has 3 rings (SSSR count). The summed E-state index contributed by atoms with van der Waals surface area (Å²) in [5.41, 5.74) is 3.17. The van der Waals surface area contributed by atoms with Crippen LogP contribution in [-0.2, 0) is 6.42 Å². The smallest absolute Gasteiger partial charge is 0.336 e. The molecule has 0 spiro atoms. The molecule has 1 aromatic carbocycles. The van der Waals surface area contributed by atoms with Gasteiger partial charge in [0.15, 0.2) is 0 Å². The van der Waals surface area contributed by atoms with Crippen molar-refractivity contribution in [3.05, 3.63) is 40.3 Å². The van der Waals surface area contributed by atoms with Gasteiger partial charge in [0.25, 0.3) is 0 Å². The molecule has 1 heterocycles. The second-order valence-corrected chi connectivity index (χ2v) is 6.22. The fourth-order valence-corrected chi connectivity index (χ4v) is 3.61. The van der Waals surface area contributed by atoms with E-state index in [9.17, 15) is 14.3 Å². The first-order chi connectivity index (χ1) is 9.88. The van der Waals surface area contributed by atoms with Gasteiger partial charge in [-0.1, -0.05) is 13.8 Å². The normalized spacial score (nSPS) is 21.3. The van der Waals surface area contributed by atoms with Crippen LogP contribution >= 0.6 is 0 Å². The number of nitrogens with zero attached hydrogens (tertiary/aromatic N) is 1. The Kier molecular flexibility index (Phi) is 3.19. The number of halogens is 1. The van der Waals surface area contributed by atoms with Crippen LogP contribution in [0, 0.1) is 18.7 Å². The van der Waals surface area contributed by atoms with Crippen LogP contribution < -0.4 is 0 Å². The van der Waals surface area contributed by atoms with Crippen LogP contribution in [0.4, 0.5) is 4.39 Å². The molecular weight excluding hydrogens is 269 g/mol. The zero-order valence-electron chi connectivity index (χ0n) is 12.4. The molecule has 0 radical (unpaired) electrons. The lowest BCUT2D eigenvalue weighted by Gasteiger charge is -2.28. The predicted octanol–water partition coefficient (Wildman–Crippen LogP) is 4.07. The number of pyridine rings is 1. The summed E-state index contributed by atoms with van der Waals surface area (Å²) in [5, 5.41) is 10.1. The minimum absolute atomic E-state index is 0.135. The van der Waals surface area contributed by atoms with E-state index >= 15 is 0 Å². The molecular formula is C17H18FNO2. The van der Waals surface area contributed by atoms with E-state index in [4.69, 9.17) is 0 Å². The van der Waals surface area contributed by atoms with Gasteiger partial charge in [-0.15, -0.1) is 0 Å². The van der Waals surface area contributed by atoms with Gasteiger partial charge in [0.05, 0.1) is 11.1 Å². The monoisotopic (exact) mass is 287 g/mol. The molecule has 1 aliphatic rings. The topological polar surface area (TPSA) is 50.2 Å². The lowest BCUT2D eigenvalue weighted by Crippen LogP contribution is -2.21. The quantitative estimate of drug-likeness (QED) is 0.860. The molecule has 1 aromatic heterocycles. The minimum atomic E-state index is -0.995. The maximum atomic E-state index is 13.7. The lowest BCUT2D eigenvalue weighted by atomic mass is 9.78. The Morgan fingerprint density at radius 3 is 2.76 bits per heavy atom. The number of hydrogen-bond acceptors (Lipinski definition) is 2. The zero-order valence-corrected chi connectivity index (χ0v) is 12.4. The minimum Gasteiger partial charge on any atom is -0.478 e. The third kappa shape index (κ3) is 2.19. The number of carboxylic acid groups (broad SMARTS) is 1. The predicted molar refractivity (Wildman–Crippen MR) is 79.3 cm³/mol. The highest BCUT2D eigenvalue weighted by atomic mass is 19.1. The standard InChI is InChI=1S/C17H18FNO2/c1-8-4-9(2)14-13(5-8)19-16-10(3)6-11(18)7-12(16)15(14)17(20)21/h6-9H,4-5H2,1-3H3,(H,20,21). The van der Waals surface area contributed by atoms with Gasteiger partial charge in [0.2, 0.25) is 0 Å². The van der Waals surface area contributed by atoms with E-state index in [1.54, 1.807) is 6.92 Å². The summed E-state index contributed by atoms with van der Waals surface area (Å²) in [6.45, 7) is 5.95. The van der Waals surface area contributed by atoms with Gasteiger partial charge >= 0.3 is 5.97 Å². The van der Waals surface area contributed by atoms with Crippen molar-refractivity contribution < 1.29 is 14.3 Å². The van der Waals surface area contributed by atoms with Gasteiger partial charge < -0.3 is 5.11 Å². The molecule has 110 valence electrons. The van der Waals surface area contributed by atoms with Crippen LogP contribution in [0.3, 0.4) is 0 Å². The highest BCUT2D eigenvalue weighted by Crippen LogP contribution is 2.39. The van der Waals surface area contributed by atoms with E-state index in [1.165, 1.54) is 12.1 Å². The number of rotatable bonds is 1. The maximum Gasteiger partial charge on any atom is 0.336 e. The van der Waals surface area contributed by atoms with Crippen molar-refractivity contribution in [3.8, 4) is 0 Å². The second-order valence-electron chi connectivity index (χ2n) is 6.22. The first-order valence-corrected chi connectivity index (χ1v) is 7.24. The Morgan fingerprint density at radius 2 is 2.10 bits per heavy atom. The van der Waals surface area contributed by atoms with E-state index in [0.717, 1.165) is 24.1 Å². The van der Waals surface area contributed by atoms with Crippen molar-refractivity contribution >= 4 is 16.9 Å². The Morgan fingerprint density at radius 1 is 1.38 bits per heavy atom. The molecule has 0 aliphatic heterocycles. The average molecular weight is 287 g/mol. The molecule has 3 nitrogen and oxygen atoms in total. The number of carbonyl (C=O) groups is 1. The Labute approximate surface area is 122 Å². The first kappa shape index (κ1) is 14.0. The number of carboxylic acids is 1. The summed E-state index contributed by atoms with van der Waals surface area (Å²) in [7, 11) is 0. The van der Waals surface area contributed by atoms with Crippen LogP contribution in [0.1, 0.15) is 53.4 Å². The molecule has 2 atom stereocenters. The van der Waals surface area contributed by atoms with Gasteiger partial charge in [-0.3, -0.25) is 4.98 Å². The molecule has 21 heavy (non-hydrogen) atoms. The second kappa shape index (κ2) is 4.79. The van der Waals surface area contributed by atoms with Gasteiger partial charge in [-0.2, -0.15) is 0 Å². The van der Waals surface area contributed by atoms with Crippen molar-refractivity contribution in [2.45, 2.75) is 39.5 Å². The number of benzene rings is 1. The lowest BCUT2D eigenvalue weighted by molar-refractivity contribution is 0.0696. The first-order valence-electron chi connectivity index (χ1n) is 7.24. The highest BCUT2D eigenvalue weighted by Gasteiger charge is 2.30. The summed E-state index contributed by atoms with van der Waals surface area (Å²) in [6, 6.07) is 2.70. The molecule has 0 saturated carbocycles. The summed E-state index contributed by atoms with van der Waals surface area (Å²) >= 11 is 0. The molecule has 2 unspecified atom stereocenters. The summed E-state index contributed by atoms with van der Waals surface area (Å²) in [4.78, 5) is 16.5. The van der Waals surface area contributed by atoms with Crippen molar-refractivity contribution in [1.29, 1.82) is 0 Å². The SMILES string of the molecule is Cc1cc(F)cc2c(C(=O)O)c3c(nc12)CC(C)CC3C.